The fourth-order valence-electron chi connectivity index (χ4n) is 5.67. The van der Waals surface area contributed by atoms with E-state index < -0.39 is 12.0 Å². The minimum Gasteiger partial charge on any atom is -0.491 e. The molecule has 1 heterocycles. The molecule has 47 heavy (non-hydrogen) atoms. The summed E-state index contributed by atoms with van der Waals surface area (Å²) in [5.41, 5.74) is 3.52. The van der Waals surface area contributed by atoms with Crippen molar-refractivity contribution in [2.24, 2.45) is 5.92 Å². The van der Waals surface area contributed by atoms with E-state index in [0.717, 1.165) is 30.4 Å². The van der Waals surface area contributed by atoms with Gasteiger partial charge in [0.05, 0.1) is 30.3 Å². The van der Waals surface area contributed by atoms with Crippen molar-refractivity contribution in [1.29, 1.82) is 0 Å². The second-order valence-corrected chi connectivity index (χ2v) is 12.2. The lowest BCUT2D eigenvalue weighted by Crippen LogP contribution is -2.61. The number of nitrogens with zero attached hydrogens (tertiary/aromatic N) is 1. The molecule has 7 heteroatoms. The van der Waals surface area contributed by atoms with Gasteiger partial charge in [0.15, 0.2) is 0 Å². The summed E-state index contributed by atoms with van der Waals surface area (Å²) in [5, 5.41) is 10.7. The highest BCUT2D eigenvalue weighted by atomic mass is 19.1. The summed E-state index contributed by atoms with van der Waals surface area (Å²) in [4.78, 5) is 15.1. The van der Waals surface area contributed by atoms with Crippen LogP contribution in [0.5, 0.6) is 0 Å². The molecule has 3 rings (SSSR count). The molecule has 0 radical (unpaired) electrons. The van der Waals surface area contributed by atoms with Crippen molar-refractivity contribution >= 4 is 11.6 Å². The van der Waals surface area contributed by atoms with Crippen molar-refractivity contribution in [3.63, 3.8) is 0 Å². The third-order valence-electron chi connectivity index (χ3n) is 8.21. The number of aliphatic hydroxyl groups excluding tert-OH is 1. The Bertz CT molecular complexity index is 1460. The predicted molar refractivity (Wildman–Crippen MR) is 187 cm³/mol. The summed E-state index contributed by atoms with van der Waals surface area (Å²) in [6, 6.07) is 11.2. The number of hydrogen-bond acceptors (Lipinski definition) is 4. The summed E-state index contributed by atoms with van der Waals surface area (Å²) in [6.45, 7) is 20.6. The molecule has 1 saturated heterocycles. The Kier molecular flexibility index (Phi) is 14.6. The van der Waals surface area contributed by atoms with E-state index in [1.54, 1.807) is 41.3 Å². The van der Waals surface area contributed by atoms with Crippen LogP contribution >= 0.6 is 0 Å². The minimum absolute atomic E-state index is 0.0226. The fraction of sp³-hybridized carbons (Fsp3) is 0.375. The molecule has 4 unspecified atom stereocenters. The van der Waals surface area contributed by atoms with E-state index in [2.05, 4.69) is 26.7 Å². The van der Waals surface area contributed by atoms with E-state index in [1.807, 2.05) is 39.0 Å². The molecule has 1 aliphatic heterocycles. The van der Waals surface area contributed by atoms with Gasteiger partial charge in [-0.3, -0.25) is 4.79 Å². The Morgan fingerprint density at radius 3 is 2.21 bits per heavy atom. The zero-order valence-electron chi connectivity index (χ0n) is 28.1. The van der Waals surface area contributed by atoms with Crippen LogP contribution in [0, 0.1) is 17.6 Å². The minimum atomic E-state index is -0.837. The number of hydrogen-bond donors (Lipinski definition) is 1. The molecule has 0 aliphatic carbocycles. The maximum absolute atomic E-state index is 13.7. The van der Waals surface area contributed by atoms with E-state index in [4.69, 9.17) is 9.47 Å². The molecule has 1 N–H and O–H groups in total. The van der Waals surface area contributed by atoms with Crippen molar-refractivity contribution in [3.05, 3.63) is 138 Å². The molecule has 4 atom stereocenters. The van der Waals surface area contributed by atoms with Gasteiger partial charge < -0.3 is 19.5 Å². The second kappa shape index (κ2) is 18.3. The quantitative estimate of drug-likeness (QED) is 0.0939. The van der Waals surface area contributed by atoms with Crippen molar-refractivity contribution < 1.29 is 28.2 Å². The average molecular weight is 646 g/mol. The van der Waals surface area contributed by atoms with E-state index in [0.29, 0.717) is 42.0 Å². The van der Waals surface area contributed by atoms with E-state index >= 15 is 0 Å². The topological polar surface area (TPSA) is 59.0 Å². The van der Waals surface area contributed by atoms with Crippen molar-refractivity contribution in [2.75, 3.05) is 11.5 Å². The van der Waals surface area contributed by atoms with E-state index in [1.165, 1.54) is 24.3 Å². The van der Waals surface area contributed by atoms with E-state index in [9.17, 15) is 18.7 Å². The first-order chi connectivity index (χ1) is 22.5. The summed E-state index contributed by atoms with van der Waals surface area (Å²) >= 11 is 0. The monoisotopic (exact) mass is 645 g/mol. The first-order valence-electron chi connectivity index (χ1n) is 16.3. The standard InChI is InChI=1S/C40H49F2NO4/c1-8-11-12-36(47-27(4)5)26-46-35(10-3)25-29(7)30(9-2)14-13-28(6)39-37(23-24-38(44)31-15-17-32(41)18-16-31)40(45)43(39)34-21-19-33(42)20-22-34/h9-10,13-22,25,27,36-39,44H,2-3,7-8,11-12,23-24,26H2,1,4-6H3/b28-13+,30-14+,35-25+. The molecule has 2 aromatic rings. The van der Waals surface area contributed by atoms with Gasteiger partial charge in [0.25, 0.3) is 0 Å². The lowest BCUT2D eigenvalue weighted by Gasteiger charge is -2.48. The Morgan fingerprint density at radius 2 is 1.64 bits per heavy atom. The third kappa shape index (κ3) is 10.7. The summed E-state index contributed by atoms with van der Waals surface area (Å²) in [7, 11) is 0. The molecule has 0 aromatic heterocycles. The normalized spacial score (nSPS) is 18.5. The van der Waals surface area contributed by atoms with Crippen LogP contribution in [-0.2, 0) is 14.3 Å². The number of ether oxygens (including phenoxy) is 2. The number of β-lactam (4-membered cyclic amide) rings is 1. The molecule has 252 valence electrons. The summed E-state index contributed by atoms with van der Waals surface area (Å²) < 4.78 is 39.2. The maximum Gasteiger partial charge on any atom is 0.233 e. The number of aliphatic hydroxyl groups is 1. The molecule has 1 amide bonds. The number of carbonyl (C=O) groups is 1. The molecule has 1 aliphatic rings. The lowest BCUT2D eigenvalue weighted by atomic mass is 9.78. The first kappa shape index (κ1) is 37.4. The van der Waals surface area contributed by atoms with Crippen LogP contribution in [0.15, 0.2) is 121 Å². The van der Waals surface area contributed by atoms with Crippen LogP contribution in [0.3, 0.4) is 0 Å². The zero-order valence-corrected chi connectivity index (χ0v) is 28.1. The highest BCUT2D eigenvalue weighted by Gasteiger charge is 2.48. The van der Waals surface area contributed by atoms with E-state index in [-0.39, 0.29) is 35.8 Å². The lowest BCUT2D eigenvalue weighted by molar-refractivity contribution is -0.129. The number of allylic oxidation sites excluding steroid dienone is 7. The largest absolute Gasteiger partial charge is 0.491 e. The number of carbonyl (C=O) groups excluding carboxylic acids is 1. The number of amides is 1. The second-order valence-electron chi connectivity index (χ2n) is 12.2. The van der Waals surface area contributed by atoms with Crippen LogP contribution < -0.4 is 4.90 Å². The van der Waals surface area contributed by atoms with Crippen LogP contribution in [0.4, 0.5) is 14.5 Å². The highest BCUT2D eigenvalue weighted by molar-refractivity contribution is 6.04. The molecular formula is C40H49F2NO4. The molecule has 5 nitrogen and oxygen atoms in total. The molecule has 1 fully saturated rings. The van der Waals surface area contributed by atoms with Gasteiger partial charge in [0.2, 0.25) is 5.91 Å². The van der Waals surface area contributed by atoms with Crippen LogP contribution in [0.1, 0.15) is 71.5 Å². The van der Waals surface area contributed by atoms with Crippen molar-refractivity contribution in [3.8, 4) is 0 Å². The number of rotatable bonds is 19. The van der Waals surface area contributed by atoms with Gasteiger partial charge in [0, 0.05) is 5.69 Å². The Morgan fingerprint density at radius 1 is 1.00 bits per heavy atom. The van der Waals surface area contributed by atoms with Crippen LogP contribution in [0.2, 0.25) is 0 Å². The maximum atomic E-state index is 13.7. The number of unbranched alkanes of at least 4 members (excludes halogenated alkanes) is 1. The van der Waals surface area contributed by atoms with Gasteiger partial charge in [-0.15, -0.1) is 0 Å². The van der Waals surface area contributed by atoms with Crippen molar-refractivity contribution in [1.82, 2.24) is 0 Å². The molecule has 0 bridgehead atoms. The molecule has 2 aromatic carbocycles. The Balaban J connectivity index is 1.80. The number of benzene rings is 2. The smallest absolute Gasteiger partial charge is 0.233 e. The fourth-order valence-corrected chi connectivity index (χ4v) is 5.67. The van der Waals surface area contributed by atoms with Gasteiger partial charge in [-0.25, -0.2) is 8.78 Å². The van der Waals surface area contributed by atoms with Gasteiger partial charge in [-0.1, -0.05) is 69.9 Å². The van der Waals surface area contributed by atoms with Crippen LogP contribution in [0.25, 0.3) is 0 Å². The van der Waals surface area contributed by atoms with Gasteiger partial charge in [-0.05, 0) is 111 Å². The molecule has 0 spiro atoms. The van der Waals surface area contributed by atoms with Crippen molar-refractivity contribution in [2.45, 2.75) is 84.2 Å². The Labute approximate surface area is 279 Å². The van der Waals surface area contributed by atoms with Gasteiger partial charge in [-0.2, -0.15) is 0 Å². The molecule has 0 saturated carbocycles. The van der Waals surface area contributed by atoms with Gasteiger partial charge in [0.1, 0.15) is 24.0 Å². The Hall–Kier alpha value is -4.07. The number of halogens is 2. The summed E-state index contributed by atoms with van der Waals surface area (Å²) in [5.74, 6) is -0.695. The highest BCUT2D eigenvalue weighted by Crippen LogP contribution is 2.40. The SMILES string of the molecule is C=C/C(=C\C(=C)/C(C=C)=C/C=C(\C)C1C(CCC(O)c2ccc(F)cc2)C(=O)N1c1ccc(F)cc1)OCC(CCCC)OC(C)C. The third-order valence-corrected chi connectivity index (χ3v) is 8.21. The van der Waals surface area contributed by atoms with Gasteiger partial charge >= 0.3 is 0 Å². The first-order valence-corrected chi connectivity index (χ1v) is 16.3. The predicted octanol–water partition coefficient (Wildman–Crippen LogP) is 9.50. The molecular weight excluding hydrogens is 596 g/mol. The zero-order chi connectivity index (χ0) is 34.5. The number of anilines is 1. The summed E-state index contributed by atoms with van der Waals surface area (Å²) in [6.07, 6.45) is 12.0. The average Bonchev–Trinajstić information content (AvgIpc) is 3.05. The van der Waals surface area contributed by atoms with Crippen LogP contribution in [-0.4, -0.2) is 35.9 Å².